The number of hydrogen-bond acceptors (Lipinski definition) is 4. The van der Waals surface area contributed by atoms with E-state index in [-0.39, 0.29) is 0 Å². The molecule has 1 aliphatic rings. The molecule has 0 atom stereocenters. The zero-order valence-corrected chi connectivity index (χ0v) is 15.8. The van der Waals surface area contributed by atoms with Gasteiger partial charge >= 0.3 is 6.09 Å². The lowest BCUT2D eigenvalue weighted by molar-refractivity contribution is 0.203. The van der Waals surface area contributed by atoms with Crippen LogP contribution in [-0.4, -0.2) is 18.2 Å². The van der Waals surface area contributed by atoms with E-state index in [0.29, 0.717) is 5.69 Å². The van der Waals surface area contributed by atoms with E-state index in [4.69, 9.17) is 0 Å². The molecule has 0 aliphatic carbocycles. The normalized spacial score (nSPS) is 12.1. The van der Waals surface area contributed by atoms with Gasteiger partial charge in [-0.05, 0) is 48.9 Å². The number of hydrazine groups is 1. The van der Waals surface area contributed by atoms with E-state index in [1.54, 1.807) is 18.8 Å². The van der Waals surface area contributed by atoms with Crippen LogP contribution in [0, 0.1) is 6.92 Å². The summed E-state index contributed by atoms with van der Waals surface area (Å²) in [5, 5.41) is 11.4. The van der Waals surface area contributed by atoms with E-state index >= 15 is 0 Å². The van der Waals surface area contributed by atoms with Gasteiger partial charge in [0, 0.05) is 16.8 Å². The van der Waals surface area contributed by atoms with Crippen LogP contribution < -0.4 is 15.3 Å². The van der Waals surface area contributed by atoms with Crippen LogP contribution in [-0.2, 0) is 0 Å². The Labute approximate surface area is 162 Å². The number of anilines is 4. The molecule has 5 nitrogen and oxygen atoms in total. The largest absolute Gasteiger partial charge is 0.465 e. The molecular formula is C21H19N3O2S. The summed E-state index contributed by atoms with van der Waals surface area (Å²) in [5.74, 6) is 0. The lowest BCUT2D eigenvalue weighted by Gasteiger charge is -2.33. The number of benzene rings is 3. The number of carboxylic acid groups (broad SMARTS) is 1. The molecule has 6 heteroatoms. The van der Waals surface area contributed by atoms with E-state index in [1.807, 2.05) is 49.4 Å². The van der Waals surface area contributed by atoms with Crippen LogP contribution in [0.2, 0.25) is 0 Å². The summed E-state index contributed by atoms with van der Waals surface area (Å²) in [4.78, 5) is 14.9. The molecule has 0 saturated heterocycles. The molecule has 1 aliphatic heterocycles. The van der Waals surface area contributed by atoms with Crippen molar-refractivity contribution in [2.45, 2.75) is 16.7 Å². The first-order valence-corrected chi connectivity index (χ1v) is 9.36. The van der Waals surface area contributed by atoms with Crippen LogP contribution in [0.15, 0.2) is 76.5 Å². The van der Waals surface area contributed by atoms with Gasteiger partial charge in [-0.25, -0.2) is 4.79 Å². The topological polar surface area (TPSA) is 55.8 Å². The molecule has 1 heterocycles. The number of hydrogen-bond donors (Lipinski definition) is 2. The van der Waals surface area contributed by atoms with Crippen LogP contribution in [0.25, 0.3) is 0 Å². The summed E-state index contributed by atoms with van der Waals surface area (Å²) in [6.45, 7) is 1.90. The van der Waals surface area contributed by atoms with Crippen LogP contribution in [0.3, 0.4) is 0 Å². The molecule has 0 aromatic heterocycles. The second-order valence-corrected chi connectivity index (χ2v) is 7.41. The quantitative estimate of drug-likeness (QED) is 0.610. The molecule has 4 rings (SSSR count). The van der Waals surface area contributed by atoms with Crippen molar-refractivity contribution < 1.29 is 9.90 Å². The molecular weight excluding hydrogens is 358 g/mol. The van der Waals surface area contributed by atoms with Crippen molar-refractivity contribution in [1.29, 1.82) is 0 Å². The first kappa shape index (κ1) is 17.3. The van der Waals surface area contributed by atoms with Gasteiger partial charge in [0.25, 0.3) is 0 Å². The molecule has 0 fully saturated rings. The third kappa shape index (κ3) is 3.19. The molecule has 3 aromatic carbocycles. The van der Waals surface area contributed by atoms with Crippen molar-refractivity contribution in [3.8, 4) is 0 Å². The van der Waals surface area contributed by atoms with Gasteiger partial charge in [0.1, 0.15) is 0 Å². The Kier molecular flexibility index (Phi) is 4.41. The fourth-order valence-corrected chi connectivity index (χ4v) is 4.16. The van der Waals surface area contributed by atoms with Crippen LogP contribution >= 0.6 is 11.8 Å². The molecule has 0 unspecified atom stereocenters. The minimum atomic E-state index is -0.986. The smallest absolute Gasteiger partial charge is 0.411 e. The van der Waals surface area contributed by atoms with Crippen molar-refractivity contribution in [2.24, 2.45) is 0 Å². The zero-order valence-electron chi connectivity index (χ0n) is 15.0. The number of rotatable bonds is 3. The number of nitrogens with one attached hydrogen (secondary N) is 1. The summed E-state index contributed by atoms with van der Waals surface area (Å²) >= 11 is 1.74. The van der Waals surface area contributed by atoms with Crippen LogP contribution in [0.4, 0.5) is 27.5 Å². The number of nitrogens with zero attached hydrogens (tertiary/aromatic N) is 2. The first-order chi connectivity index (χ1) is 13.0. The monoisotopic (exact) mass is 377 g/mol. The summed E-state index contributed by atoms with van der Waals surface area (Å²) < 4.78 is 0. The van der Waals surface area contributed by atoms with E-state index in [9.17, 15) is 9.90 Å². The van der Waals surface area contributed by atoms with Crippen molar-refractivity contribution >= 4 is 40.6 Å². The molecule has 0 bridgehead atoms. The molecule has 136 valence electrons. The Balaban J connectivity index is 1.75. The van der Waals surface area contributed by atoms with E-state index in [2.05, 4.69) is 34.7 Å². The van der Waals surface area contributed by atoms with E-state index < -0.39 is 6.09 Å². The Morgan fingerprint density at radius 3 is 2.19 bits per heavy atom. The van der Waals surface area contributed by atoms with E-state index in [1.165, 1.54) is 14.7 Å². The fourth-order valence-electron chi connectivity index (χ4n) is 3.10. The maximum absolute atomic E-state index is 11.4. The maximum atomic E-state index is 11.4. The summed E-state index contributed by atoms with van der Waals surface area (Å²) in [7, 11) is 1.55. The molecule has 27 heavy (non-hydrogen) atoms. The zero-order chi connectivity index (χ0) is 19.0. The molecule has 1 amide bonds. The van der Waals surface area contributed by atoms with Gasteiger partial charge in [-0.1, -0.05) is 42.1 Å². The van der Waals surface area contributed by atoms with Gasteiger partial charge in [-0.2, -0.15) is 0 Å². The van der Waals surface area contributed by atoms with Crippen LogP contribution in [0.1, 0.15) is 5.56 Å². The molecule has 2 N–H and O–H groups in total. The Bertz CT molecular complexity index is 976. The lowest BCUT2D eigenvalue weighted by atomic mass is 10.1. The summed E-state index contributed by atoms with van der Waals surface area (Å²) in [6.07, 6.45) is -0.986. The van der Waals surface area contributed by atoms with Gasteiger partial charge in [-0.3, -0.25) is 15.3 Å². The number of aryl methyl sites for hydroxylation is 1. The minimum absolute atomic E-state index is 0.653. The van der Waals surface area contributed by atoms with E-state index in [0.717, 1.165) is 22.6 Å². The highest BCUT2D eigenvalue weighted by Crippen LogP contribution is 2.47. The highest BCUT2D eigenvalue weighted by molar-refractivity contribution is 7.99. The van der Waals surface area contributed by atoms with Gasteiger partial charge < -0.3 is 5.11 Å². The van der Waals surface area contributed by atoms with Crippen molar-refractivity contribution in [2.75, 3.05) is 22.4 Å². The number of carbonyl (C=O) groups is 1. The van der Waals surface area contributed by atoms with Crippen molar-refractivity contribution in [3.05, 3.63) is 72.3 Å². The van der Waals surface area contributed by atoms with Gasteiger partial charge in [0.15, 0.2) is 0 Å². The Morgan fingerprint density at radius 2 is 1.59 bits per heavy atom. The first-order valence-electron chi connectivity index (χ1n) is 8.54. The molecule has 0 saturated carbocycles. The average molecular weight is 377 g/mol. The number of fused-ring (bicyclic) bond motifs is 2. The third-order valence-corrected chi connectivity index (χ3v) is 5.66. The van der Waals surface area contributed by atoms with Gasteiger partial charge in [-0.15, -0.1) is 0 Å². The second-order valence-electron chi connectivity index (χ2n) is 6.33. The number of para-hydroxylation sites is 2. The highest BCUT2D eigenvalue weighted by Gasteiger charge is 2.23. The average Bonchev–Trinajstić information content (AvgIpc) is 2.68. The predicted octanol–water partition coefficient (Wildman–Crippen LogP) is 5.74. The van der Waals surface area contributed by atoms with Gasteiger partial charge in [0.05, 0.1) is 22.7 Å². The minimum Gasteiger partial charge on any atom is -0.465 e. The maximum Gasteiger partial charge on any atom is 0.411 e. The van der Waals surface area contributed by atoms with Gasteiger partial charge in [0.2, 0.25) is 0 Å². The highest BCUT2D eigenvalue weighted by atomic mass is 32.2. The Morgan fingerprint density at radius 1 is 1.00 bits per heavy atom. The van der Waals surface area contributed by atoms with Crippen LogP contribution in [0.5, 0.6) is 0 Å². The summed E-state index contributed by atoms with van der Waals surface area (Å²) in [6, 6.07) is 22.2. The lowest BCUT2D eigenvalue weighted by Crippen LogP contribution is -2.28. The molecule has 3 aromatic rings. The number of amides is 1. The molecule has 0 spiro atoms. The molecule has 0 radical (unpaired) electrons. The third-order valence-electron chi connectivity index (χ3n) is 4.53. The standard InChI is InChI=1S/C21H19N3O2S/c1-14-11-12-15(13-18(14)23(2)21(25)26)22-24-16-7-3-5-9-19(16)27-20-10-6-4-8-17(20)24/h3-13,22H,1-2H3,(H,25,26). The van der Waals surface area contributed by atoms with Crippen molar-refractivity contribution in [3.63, 3.8) is 0 Å². The van der Waals surface area contributed by atoms with Crippen molar-refractivity contribution in [1.82, 2.24) is 0 Å². The Hall–Kier alpha value is -3.12. The SMILES string of the molecule is Cc1ccc(NN2c3ccccc3Sc3ccccc32)cc1N(C)C(=O)O. The predicted molar refractivity (Wildman–Crippen MR) is 110 cm³/mol. The fraction of sp³-hybridized carbons (Fsp3) is 0.0952. The summed E-state index contributed by atoms with van der Waals surface area (Å²) in [5.41, 5.74) is 7.96. The second kappa shape index (κ2) is 6.89.